The summed E-state index contributed by atoms with van der Waals surface area (Å²) >= 11 is 0. The van der Waals surface area contributed by atoms with Crippen LogP contribution in [0.3, 0.4) is 0 Å². The molecule has 3 aromatic heterocycles. The van der Waals surface area contributed by atoms with Gasteiger partial charge in [-0.2, -0.15) is 0 Å². The number of fused-ring (bicyclic) bond motifs is 3. The molecule has 0 fully saturated rings. The maximum absolute atomic E-state index is 12.3. The van der Waals surface area contributed by atoms with Gasteiger partial charge >= 0.3 is 0 Å². The van der Waals surface area contributed by atoms with Crippen molar-refractivity contribution in [3.8, 4) is 11.4 Å². The molecule has 0 saturated carbocycles. The van der Waals surface area contributed by atoms with E-state index >= 15 is 0 Å². The van der Waals surface area contributed by atoms with Crippen LogP contribution in [0.2, 0.25) is 0 Å². The summed E-state index contributed by atoms with van der Waals surface area (Å²) in [6.45, 7) is 2.49. The van der Waals surface area contributed by atoms with Gasteiger partial charge in [0, 0.05) is 36.5 Å². The van der Waals surface area contributed by atoms with Crippen LogP contribution in [0.1, 0.15) is 34.9 Å². The Bertz CT molecular complexity index is 1180. The minimum atomic E-state index is -0.138. The van der Waals surface area contributed by atoms with Crippen LogP contribution in [-0.4, -0.2) is 25.3 Å². The molecule has 28 heavy (non-hydrogen) atoms. The molecule has 4 heterocycles. The molecule has 1 amide bonds. The zero-order valence-electron chi connectivity index (χ0n) is 15.5. The molecule has 1 atom stereocenters. The molecule has 6 nitrogen and oxygen atoms in total. The van der Waals surface area contributed by atoms with Gasteiger partial charge in [-0.3, -0.25) is 4.79 Å². The molecule has 0 saturated heterocycles. The normalized spacial score (nSPS) is 16.5. The summed E-state index contributed by atoms with van der Waals surface area (Å²) in [4.78, 5) is 26.2. The van der Waals surface area contributed by atoms with E-state index in [1.165, 1.54) is 5.56 Å². The van der Waals surface area contributed by atoms with E-state index < -0.39 is 0 Å². The van der Waals surface area contributed by atoms with Gasteiger partial charge < -0.3 is 9.72 Å². The van der Waals surface area contributed by atoms with Crippen molar-refractivity contribution in [3.63, 3.8) is 0 Å². The summed E-state index contributed by atoms with van der Waals surface area (Å²) in [7, 11) is 0. The third kappa shape index (κ3) is 2.83. The molecule has 0 aliphatic carbocycles. The zero-order valence-corrected chi connectivity index (χ0v) is 15.5. The topological polar surface area (TPSA) is 72.2 Å². The molecule has 5 rings (SSSR count). The molecular formula is C22H19N5O. The number of aromatic nitrogens is 4. The number of hydrogen-bond donors (Lipinski definition) is 1. The number of imidazole rings is 1. The van der Waals surface area contributed by atoms with Crippen molar-refractivity contribution in [3.05, 3.63) is 83.6 Å². The zero-order chi connectivity index (χ0) is 19.1. The fourth-order valence-corrected chi connectivity index (χ4v) is 3.83. The standard InChI is InChI=1S/C22H19N5O/c1-14-5-4-6-15(9-14)22-24-11-16(12-25-22)17-10-20(28)23-13-18-21(17)27-8-3-2-7-19(27)26-18/h2-9,11-12,17H,10,13H2,1H3,(H,23,28). The van der Waals surface area contributed by atoms with Crippen molar-refractivity contribution < 1.29 is 4.79 Å². The van der Waals surface area contributed by atoms with E-state index in [1.807, 2.05) is 61.9 Å². The summed E-state index contributed by atoms with van der Waals surface area (Å²) in [6, 6.07) is 14.0. The highest BCUT2D eigenvalue weighted by atomic mass is 16.1. The number of benzene rings is 1. The average Bonchev–Trinajstić information content (AvgIpc) is 3.00. The Hall–Kier alpha value is -3.54. The highest BCUT2D eigenvalue weighted by molar-refractivity contribution is 5.78. The van der Waals surface area contributed by atoms with Crippen LogP contribution < -0.4 is 5.32 Å². The highest BCUT2D eigenvalue weighted by Gasteiger charge is 2.29. The molecule has 1 aliphatic rings. The van der Waals surface area contributed by atoms with Crippen molar-refractivity contribution in [2.75, 3.05) is 0 Å². The van der Waals surface area contributed by atoms with E-state index in [9.17, 15) is 4.79 Å². The smallest absolute Gasteiger partial charge is 0.221 e. The van der Waals surface area contributed by atoms with E-state index in [1.54, 1.807) is 0 Å². The molecule has 1 aromatic carbocycles. The fraction of sp³-hybridized carbons (Fsp3) is 0.182. The monoisotopic (exact) mass is 369 g/mol. The Balaban J connectivity index is 1.59. The third-order valence-corrected chi connectivity index (χ3v) is 5.17. The first-order chi connectivity index (χ1) is 13.7. The number of hydrogen-bond acceptors (Lipinski definition) is 4. The summed E-state index contributed by atoms with van der Waals surface area (Å²) < 4.78 is 2.06. The lowest BCUT2D eigenvalue weighted by atomic mass is 9.93. The van der Waals surface area contributed by atoms with Crippen LogP contribution >= 0.6 is 0 Å². The minimum Gasteiger partial charge on any atom is -0.350 e. The van der Waals surface area contributed by atoms with E-state index in [-0.39, 0.29) is 11.8 Å². The van der Waals surface area contributed by atoms with Gasteiger partial charge in [0.15, 0.2) is 5.82 Å². The number of nitrogens with one attached hydrogen (secondary N) is 1. The highest BCUT2D eigenvalue weighted by Crippen LogP contribution is 2.33. The fourth-order valence-electron chi connectivity index (χ4n) is 3.83. The first kappa shape index (κ1) is 16.6. The van der Waals surface area contributed by atoms with Crippen molar-refractivity contribution in [1.29, 1.82) is 0 Å². The van der Waals surface area contributed by atoms with Crippen molar-refractivity contribution in [2.24, 2.45) is 0 Å². The molecule has 0 radical (unpaired) electrons. The Labute approximate surface area is 162 Å². The Morgan fingerprint density at radius 3 is 2.79 bits per heavy atom. The van der Waals surface area contributed by atoms with Crippen LogP contribution in [0.15, 0.2) is 61.1 Å². The predicted octanol–water partition coefficient (Wildman–Crippen LogP) is 3.25. The van der Waals surface area contributed by atoms with Crippen LogP contribution in [0.4, 0.5) is 0 Å². The van der Waals surface area contributed by atoms with Gasteiger partial charge in [0.05, 0.1) is 17.9 Å². The quantitative estimate of drug-likeness (QED) is 0.589. The van der Waals surface area contributed by atoms with Gasteiger partial charge in [0.1, 0.15) is 5.65 Å². The first-order valence-electron chi connectivity index (χ1n) is 9.30. The van der Waals surface area contributed by atoms with E-state index in [4.69, 9.17) is 4.98 Å². The van der Waals surface area contributed by atoms with Crippen LogP contribution in [-0.2, 0) is 11.3 Å². The Morgan fingerprint density at radius 2 is 1.96 bits per heavy atom. The van der Waals surface area contributed by atoms with Gasteiger partial charge in [-0.25, -0.2) is 15.0 Å². The molecule has 0 spiro atoms. The predicted molar refractivity (Wildman–Crippen MR) is 106 cm³/mol. The maximum Gasteiger partial charge on any atom is 0.221 e. The van der Waals surface area contributed by atoms with E-state index in [0.717, 1.165) is 28.2 Å². The lowest BCUT2D eigenvalue weighted by Crippen LogP contribution is -2.21. The van der Waals surface area contributed by atoms with Crippen LogP contribution in [0.25, 0.3) is 17.0 Å². The van der Waals surface area contributed by atoms with Gasteiger partial charge in [-0.15, -0.1) is 0 Å². The summed E-state index contributed by atoms with van der Waals surface area (Å²) in [6.07, 6.45) is 6.01. The lowest BCUT2D eigenvalue weighted by molar-refractivity contribution is -0.121. The minimum absolute atomic E-state index is 0.00967. The molecule has 0 bridgehead atoms. The van der Waals surface area contributed by atoms with E-state index in [2.05, 4.69) is 25.8 Å². The number of nitrogens with zero attached hydrogens (tertiary/aromatic N) is 4. The SMILES string of the molecule is Cc1cccc(-c2ncc(C3CC(=O)NCc4nc5ccccn5c43)cn2)c1. The maximum atomic E-state index is 12.3. The average molecular weight is 369 g/mol. The van der Waals surface area contributed by atoms with Gasteiger partial charge in [0.2, 0.25) is 5.91 Å². The number of pyridine rings is 1. The van der Waals surface area contributed by atoms with E-state index in [0.29, 0.717) is 18.8 Å². The number of carbonyl (C=O) groups excluding carboxylic acids is 1. The third-order valence-electron chi connectivity index (χ3n) is 5.17. The van der Waals surface area contributed by atoms with Gasteiger partial charge in [-0.1, -0.05) is 29.8 Å². The molecular weight excluding hydrogens is 350 g/mol. The molecule has 1 unspecified atom stereocenters. The number of rotatable bonds is 2. The van der Waals surface area contributed by atoms with Crippen molar-refractivity contribution >= 4 is 11.6 Å². The summed E-state index contributed by atoms with van der Waals surface area (Å²) in [5, 5.41) is 2.95. The second-order valence-electron chi connectivity index (χ2n) is 7.12. The van der Waals surface area contributed by atoms with Crippen molar-refractivity contribution in [1.82, 2.24) is 24.7 Å². The molecule has 4 aromatic rings. The van der Waals surface area contributed by atoms with Crippen molar-refractivity contribution in [2.45, 2.75) is 25.8 Å². The number of aryl methyl sites for hydroxylation is 1. The Morgan fingerprint density at radius 1 is 1.11 bits per heavy atom. The second-order valence-corrected chi connectivity index (χ2v) is 7.12. The van der Waals surface area contributed by atoms with Crippen LogP contribution in [0.5, 0.6) is 0 Å². The molecule has 138 valence electrons. The Kier molecular flexibility index (Phi) is 3.90. The number of amides is 1. The summed E-state index contributed by atoms with van der Waals surface area (Å²) in [5.41, 5.74) is 5.87. The summed E-state index contributed by atoms with van der Waals surface area (Å²) in [5.74, 6) is 0.556. The lowest BCUT2D eigenvalue weighted by Gasteiger charge is -2.15. The molecule has 1 aliphatic heterocycles. The largest absolute Gasteiger partial charge is 0.350 e. The van der Waals surface area contributed by atoms with Crippen LogP contribution in [0, 0.1) is 6.92 Å². The number of carbonyl (C=O) groups is 1. The molecule has 6 heteroatoms. The van der Waals surface area contributed by atoms with Gasteiger partial charge in [-0.05, 0) is 30.7 Å². The first-order valence-corrected chi connectivity index (χ1v) is 9.30. The molecule has 1 N–H and O–H groups in total. The second kappa shape index (κ2) is 6.56. The van der Waals surface area contributed by atoms with Gasteiger partial charge in [0.25, 0.3) is 0 Å².